The van der Waals surface area contributed by atoms with Gasteiger partial charge in [-0.3, -0.25) is 0 Å². The number of amides is 2. The fraction of sp³-hybridized carbons (Fsp3) is 0.350. The third-order valence-corrected chi connectivity index (χ3v) is 4.54. The Kier molecular flexibility index (Phi) is 4.74. The zero-order valence-electron chi connectivity index (χ0n) is 14.5. The van der Waals surface area contributed by atoms with Gasteiger partial charge in [0.1, 0.15) is 5.75 Å². The molecule has 0 unspecified atom stereocenters. The van der Waals surface area contributed by atoms with Gasteiger partial charge in [0.05, 0.1) is 18.8 Å². The summed E-state index contributed by atoms with van der Waals surface area (Å²) in [5.41, 5.74) is 4.24. The molecular weight excluding hydrogens is 300 g/mol. The lowest BCUT2D eigenvalue weighted by Crippen LogP contribution is -2.34. The summed E-state index contributed by atoms with van der Waals surface area (Å²) in [7, 11) is 1.62. The minimum atomic E-state index is -0.0668. The molecule has 1 heterocycles. The second-order valence-corrected chi connectivity index (χ2v) is 6.40. The number of urea groups is 1. The van der Waals surface area contributed by atoms with Crippen molar-refractivity contribution >= 4 is 11.7 Å². The lowest BCUT2D eigenvalue weighted by molar-refractivity contribution is 0.207. The number of rotatable bonds is 3. The largest absolute Gasteiger partial charge is 0.495 e. The van der Waals surface area contributed by atoms with E-state index >= 15 is 0 Å². The summed E-state index contributed by atoms with van der Waals surface area (Å²) >= 11 is 0. The van der Waals surface area contributed by atoms with Crippen LogP contribution in [0.15, 0.2) is 42.5 Å². The van der Waals surface area contributed by atoms with Gasteiger partial charge < -0.3 is 15.0 Å². The molecule has 0 spiro atoms. The van der Waals surface area contributed by atoms with Crippen LogP contribution in [0.1, 0.15) is 35.6 Å². The van der Waals surface area contributed by atoms with Crippen molar-refractivity contribution in [1.82, 2.24) is 4.90 Å². The summed E-state index contributed by atoms with van der Waals surface area (Å²) in [6.07, 6.45) is 2.03. The van der Waals surface area contributed by atoms with Crippen molar-refractivity contribution in [1.29, 1.82) is 0 Å². The maximum absolute atomic E-state index is 12.8. The Labute approximate surface area is 143 Å². The van der Waals surface area contributed by atoms with Crippen LogP contribution in [0, 0.1) is 13.8 Å². The lowest BCUT2D eigenvalue weighted by Gasteiger charge is -2.26. The third kappa shape index (κ3) is 3.37. The van der Waals surface area contributed by atoms with E-state index in [0.29, 0.717) is 5.75 Å². The molecule has 24 heavy (non-hydrogen) atoms. The molecule has 1 N–H and O–H groups in total. The first kappa shape index (κ1) is 16.4. The minimum Gasteiger partial charge on any atom is -0.495 e. The van der Waals surface area contributed by atoms with Gasteiger partial charge in [-0.2, -0.15) is 0 Å². The Morgan fingerprint density at radius 1 is 1.17 bits per heavy atom. The number of anilines is 1. The first-order valence-corrected chi connectivity index (χ1v) is 8.37. The molecule has 1 saturated heterocycles. The number of carbonyl (C=O) groups excluding carboxylic acids is 1. The van der Waals surface area contributed by atoms with Crippen LogP contribution < -0.4 is 10.1 Å². The number of hydrogen-bond acceptors (Lipinski definition) is 2. The summed E-state index contributed by atoms with van der Waals surface area (Å²) < 4.78 is 5.36. The van der Waals surface area contributed by atoms with E-state index in [1.54, 1.807) is 7.11 Å². The normalized spacial score (nSPS) is 17.0. The summed E-state index contributed by atoms with van der Waals surface area (Å²) in [6.45, 7) is 4.86. The number of nitrogens with one attached hydrogen (secondary N) is 1. The predicted octanol–water partition coefficient (Wildman–Crippen LogP) is 4.68. The van der Waals surface area contributed by atoms with Crippen LogP contribution in [0.3, 0.4) is 0 Å². The Balaban J connectivity index is 1.80. The molecule has 4 nitrogen and oxygen atoms in total. The van der Waals surface area contributed by atoms with Crippen LogP contribution >= 0.6 is 0 Å². The van der Waals surface area contributed by atoms with Crippen LogP contribution in [0.5, 0.6) is 5.75 Å². The zero-order chi connectivity index (χ0) is 17.1. The Morgan fingerprint density at radius 3 is 2.71 bits per heavy atom. The van der Waals surface area contributed by atoms with Crippen molar-refractivity contribution in [2.75, 3.05) is 19.0 Å². The highest BCUT2D eigenvalue weighted by molar-refractivity contribution is 5.91. The van der Waals surface area contributed by atoms with E-state index in [0.717, 1.165) is 30.6 Å². The highest BCUT2D eigenvalue weighted by atomic mass is 16.5. The first-order chi connectivity index (χ1) is 11.6. The molecule has 1 aliphatic rings. The quantitative estimate of drug-likeness (QED) is 0.890. The molecule has 126 valence electrons. The molecule has 2 aromatic carbocycles. The highest BCUT2D eigenvalue weighted by Crippen LogP contribution is 2.33. The summed E-state index contributed by atoms with van der Waals surface area (Å²) in [4.78, 5) is 14.7. The van der Waals surface area contributed by atoms with E-state index in [1.165, 1.54) is 11.1 Å². The fourth-order valence-electron chi connectivity index (χ4n) is 3.34. The van der Waals surface area contributed by atoms with E-state index in [4.69, 9.17) is 4.74 Å². The molecule has 1 aliphatic heterocycles. The molecule has 0 saturated carbocycles. The Hall–Kier alpha value is -2.49. The number of hydrogen-bond donors (Lipinski definition) is 1. The topological polar surface area (TPSA) is 41.6 Å². The molecular formula is C20H24N2O2. The van der Waals surface area contributed by atoms with Crippen LogP contribution in [0.25, 0.3) is 0 Å². The average Bonchev–Trinajstić information content (AvgIpc) is 3.05. The van der Waals surface area contributed by atoms with Gasteiger partial charge in [-0.05, 0) is 49.9 Å². The maximum atomic E-state index is 12.8. The highest BCUT2D eigenvalue weighted by Gasteiger charge is 2.30. The van der Waals surface area contributed by atoms with Crippen molar-refractivity contribution in [3.8, 4) is 5.75 Å². The standard InChI is InChI=1S/C20H24N2O2/c1-14-6-4-7-16(12-14)18-8-5-11-22(18)20(23)21-17-13-15(2)9-10-19(17)24-3/h4,6-7,9-10,12-13,18H,5,8,11H2,1-3H3,(H,21,23)/t18-/m0/s1. The maximum Gasteiger partial charge on any atom is 0.322 e. The molecule has 4 heteroatoms. The average molecular weight is 324 g/mol. The van der Waals surface area contributed by atoms with Gasteiger partial charge in [-0.25, -0.2) is 4.79 Å². The van der Waals surface area contributed by atoms with Crippen molar-refractivity contribution in [3.63, 3.8) is 0 Å². The molecule has 2 aromatic rings. The molecule has 0 radical (unpaired) electrons. The SMILES string of the molecule is COc1ccc(C)cc1NC(=O)N1CCC[C@H]1c1cccc(C)c1. The first-order valence-electron chi connectivity index (χ1n) is 8.37. The van der Waals surface area contributed by atoms with E-state index in [2.05, 4.69) is 36.5 Å². The second-order valence-electron chi connectivity index (χ2n) is 6.40. The molecule has 0 aliphatic carbocycles. The molecule has 2 amide bonds. The van der Waals surface area contributed by atoms with Gasteiger partial charge in [-0.15, -0.1) is 0 Å². The van der Waals surface area contributed by atoms with Crippen LogP contribution in [-0.2, 0) is 0 Å². The number of methoxy groups -OCH3 is 1. The van der Waals surface area contributed by atoms with Crippen LogP contribution in [0.2, 0.25) is 0 Å². The van der Waals surface area contributed by atoms with Crippen LogP contribution in [0.4, 0.5) is 10.5 Å². The monoisotopic (exact) mass is 324 g/mol. The van der Waals surface area contributed by atoms with Gasteiger partial charge in [0.2, 0.25) is 0 Å². The van der Waals surface area contributed by atoms with Gasteiger partial charge in [0, 0.05) is 6.54 Å². The fourth-order valence-corrected chi connectivity index (χ4v) is 3.34. The lowest BCUT2D eigenvalue weighted by atomic mass is 10.0. The van der Waals surface area contributed by atoms with Crippen molar-refractivity contribution in [2.45, 2.75) is 32.7 Å². The number of likely N-dealkylation sites (tertiary alicyclic amines) is 1. The number of ether oxygens (including phenoxy) is 1. The summed E-state index contributed by atoms with van der Waals surface area (Å²) in [6, 6.07) is 14.3. The van der Waals surface area contributed by atoms with E-state index in [1.807, 2.05) is 30.0 Å². The Morgan fingerprint density at radius 2 is 1.96 bits per heavy atom. The number of nitrogens with zero attached hydrogens (tertiary/aromatic N) is 1. The number of benzene rings is 2. The third-order valence-electron chi connectivity index (χ3n) is 4.54. The van der Waals surface area contributed by atoms with Crippen molar-refractivity contribution < 1.29 is 9.53 Å². The van der Waals surface area contributed by atoms with E-state index in [-0.39, 0.29) is 12.1 Å². The number of carbonyl (C=O) groups is 1. The van der Waals surface area contributed by atoms with Crippen LogP contribution in [-0.4, -0.2) is 24.6 Å². The van der Waals surface area contributed by atoms with E-state index in [9.17, 15) is 4.79 Å². The molecule has 3 rings (SSSR count). The Bertz CT molecular complexity index is 742. The summed E-state index contributed by atoms with van der Waals surface area (Å²) in [5, 5.41) is 3.02. The molecule has 1 atom stereocenters. The second kappa shape index (κ2) is 6.95. The van der Waals surface area contributed by atoms with Crippen molar-refractivity contribution in [2.24, 2.45) is 0 Å². The smallest absolute Gasteiger partial charge is 0.322 e. The molecule has 1 fully saturated rings. The zero-order valence-corrected chi connectivity index (χ0v) is 14.5. The summed E-state index contributed by atoms with van der Waals surface area (Å²) in [5.74, 6) is 0.681. The van der Waals surface area contributed by atoms with Gasteiger partial charge >= 0.3 is 6.03 Å². The van der Waals surface area contributed by atoms with E-state index < -0.39 is 0 Å². The predicted molar refractivity (Wildman–Crippen MR) is 96.6 cm³/mol. The van der Waals surface area contributed by atoms with Gasteiger partial charge in [0.25, 0.3) is 0 Å². The molecule has 0 bridgehead atoms. The molecule has 0 aromatic heterocycles. The number of aryl methyl sites for hydroxylation is 2. The van der Waals surface area contributed by atoms with Gasteiger partial charge in [0.15, 0.2) is 0 Å². The minimum absolute atomic E-state index is 0.0668. The van der Waals surface area contributed by atoms with Crippen molar-refractivity contribution in [3.05, 3.63) is 59.2 Å². The van der Waals surface area contributed by atoms with Gasteiger partial charge in [-0.1, -0.05) is 35.9 Å².